The highest BCUT2D eigenvalue weighted by Gasteiger charge is 2.26. The molecule has 2 rings (SSSR count). The van der Waals surface area contributed by atoms with E-state index in [9.17, 15) is 4.39 Å². The quantitative estimate of drug-likeness (QED) is 0.647. The normalized spacial score (nSPS) is 22.4. The zero-order valence-corrected chi connectivity index (χ0v) is 10.2. The summed E-state index contributed by atoms with van der Waals surface area (Å²) in [7, 11) is 0. The van der Waals surface area contributed by atoms with Crippen LogP contribution in [0, 0.1) is 11.7 Å². The van der Waals surface area contributed by atoms with Crippen LogP contribution in [0.3, 0.4) is 0 Å². The fourth-order valence-corrected chi connectivity index (χ4v) is 2.55. The minimum atomic E-state index is -0.339. The third-order valence-electron chi connectivity index (χ3n) is 3.14. The van der Waals surface area contributed by atoms with E-state index in [1.54, 1.807) is 6.07 Å². The predicted octanol–water partition coefficient (Wildman–Crippen LogP) is 2.41. The fourth-order valence-electron chi connectivity index (χ4n) is 2.26. The molecule has 2 unspecified atom stereocenters. The Labute approximate surface area is 105 Å². The fraction of sp³-hybridized carbons (Fsp3) is 0.500. The molecule has 0 saturated carbocycles. The molecule has 1 aromatic carbocycles. The number of rotatable bonds is 3. The first-order chi connectivity index (χ1) is 8.22. The van der Waals surface area contributed by atoms with E-state index in [1.807, 2.05) is 0 Å². The number of hydrazine groups is 1. The third kappa shape index (κ3) is 2.96. The van der Waals surface area contributed by atoms with Gasteiger partial charge in [-0.15, -0.1) is 0 Å². The molecule has 0 amide bonds. The van der Waals surface area contributed by atoms with Gasteiger partial charge in [-0.2, -0.15) is 0 Å². The van der Waals surface area contributed by atoms with Crippen LogP contribution in [0.2, 0.25) is 5.02 Å². The Balaban J connectivity index is 2.21. The van der Waals surface area contributed by atoms with E-state index in [0.29, 0.717) is 11.6 Å². The van der Waals surface area contributed by atoms with Crippen molar-refractivity contribution in [1.29, 1.82) is 0 Å². The Morgan fingerprint density at radius 1 is 1.53 bits per heavy atom. The number of ether oxygens (including phenoxy) is 1. The summed E-state index contributed by atoms with van der Waals surface area (Å²) in [5.41, 5.74) is 3.59. The van der Waals surface area contributed by atoms with Crippen molar-refractivity contribution in [2.24, 2.45) is 11.8 Å². The molecule has 17 heavy (non-hydrogen) atoms. The smallest absolute Gasteiger partial charge is 0.124 e. The summed E-state index contributed by atoms with van der Waals surface area (Å²) >= 11 is 6.05. The van der Waals surface area contributed by atoms with Gasteiger partial charge in [0, 0.05) is 17.5 Å². The largest absolute Gasteiger partial charge is 0.381 e. The summed E-state index contributed by atoms with van der Waals surface area (Å²) in [6, 6.07) is 4.29. The van der Waals surface area contributed by atoms with Gasteiger partial charge in [-0.1, -0.05) is 17.7 Å². The van der Waals surface area contributed by atoms with Crippen molar-refractivity contribution < 1.29 is 9.13 Å². The monoisotopic (exact) mass is 258 g/mol. The van der Waals surface area contributed by atoms with E-state index in [-0.39, 0.29) is 17.8 Å². The zero-order valence-electron chi connectivity index (χ0n) is 9.46. The van der Waals surface area contributed by atoms with Crippen molar-refractivity contribution in [2.45, 2.75) is 18.9 Å². The summed E-state index contributed by atoms with van der Waals surface area (Å²) in [5, 5.41) is 0.401. The lowest BCUT2D eigenvalue weighted by atomic mass is 9.89. The van der Waals surface area contributed by atoms with Crippen molar-refractivity contribution >= 4 is 11.6 Å². The second-order valence-electron chi connectivity index (χ2n) is 4.29. The van der Waals surface area contributed by atoms with Crippen LogP contribution in [0.4, 0.5) is 4.39 Å². The lowest BCUT2D eigenvalue weighted by Crippen LogP contribution is -2.37. The molecule has 1 fully saturated rings. The zero-order chi connectivity index (χ0) is 12.3. The highest BCUT2D eigenvalue weighted by Crippen LogP contribution is 2.32. The maximum absolute atomic E-state index is 13.0. The molecular formula is C12H16ClFN2O. The summed E-state index contributed by atoms with van der Waals surface area (Å²) in [4.78, 5) is 0. The van der Waals surface area contributed by atoms with E-state index >= 15 is 0 Å². The number of benzene rings is 1. The highest BCUT2D eigenvalue weighted by molar-refractivity contribution is 6.31. The summed E-state index contributed by atoms with van der Waals surface area (Å²) < 4.78 is 18.4. The number of nitrogens with one attached hydrogen (secondary N) is 1. The van der Waals surface area contributed by atoms with Gasteiger partial charge in [-0.3, -0.25) is 11.3 Å². The van der Waals surface area contributed by atoms with Gasteiger partial charge in [0.05, 0.1) is 12.6 Å². The molecule has 2 atom stereocenters. The first kappa shape index (κ1) is 12.8. The number of hydrogen-bond acceptors (Lipinski definition) is 3. The van der Waals surface area contributed by atoms with Crippen LogP contribution in [0.15, 0.2) is 18.2 Å². The predicted molar refractivity (Wildman–Crippen MR) is 65.0 cm³/mol. The summed E-state index contributed by atoms with van der Waals surface area (Å²) in [6.45, 7) is 1.45. The minimum absolute atomic E-state index is 0.0941. The molecule has 1 heterocycles. The van der Waals surface area contributed by atoms with Crippen molar-refractivity contribution in [3.63, 3.8) is 0 Å². The molecular weight excluding hydrogens is 243 g/mol. The molecule has 1 saturated heterocycles. The standard InChI is InChI=1S/C12H16ClFN2O/c13-11-6-9(14)3-4-10(11)12(16-15)8-2-1-5-17-7-8/h3-4,6,8,12,16H,1-2,5,7,15H2. The van der Waals surface area contributed by atoms with Crippen molar-refractivity contribution in [3.05, 3.63) is 34.6 Å². The molecule has 1 aliphatic rings. The average molecular weight is 259 g/mol. The molecule has 0 spiro atoms. The molecule has 3 N–H and O–H groups in total. The van der Waals surface area contributed by atoms with E-state index < -0.39 is 0 Å². The highest BCUT2D eigenvalue weighted by atomic mass is 35.5. The van der Waals surface area contributed by atoms with Crippen molar-refractivity contribution in [1.82, 2.24) is 5.43 Å². The Hall–Kier alpha value is -0.680. The second kappa shape index (κ2) is 5.78. The van der Waals surface area contributed by atoms with E-state index in [1.165, 1.54) is 12.1 Å². The van der Waals surface area contributed by atoms with E-state index in [2.05, 4.69) is 5.43 Å². The van der Waals surface area contributed by atoms with E-state index in [4.69, 9.17) is 22.2 Å². The van der Waals surface area contributed by atoms with Gasteiger partial charge in [-0.05, 0) is 30.5 Å². The Morgan fingerprint density at radius 3 is 2.94 bits per heavy atom. The van der Waals surface area contributed by atoms with Gasteiger partial charge in [0.15, 0.2) is 0 Å². The molecule has 0 bridgehead atoms. The van der Waals surface area contributed by atoms with Crippen LogP contribution in [0.25, 0.3) is 0 Å². The SMILES string of the molecule is NNC(c1ccc(F)cc1Cl)C1CCCOC1. The molecule has 5 heteroatoms. The molecule has 0 aliphatic carbocycles. The van der Waals surface area contributed by atoms with Gasteiger partial charge >= 0.3 is 0 Å². The first-order valence-corrected chi connectivity index (χ1v) is 6.09. The summed E-state index contributed by atoms with van der Waals surface area (Å²) in [5.74, 6) is 5.52. The van der Waals surface area contributed by atoms with Gasteiger partial charge in [0.1, 0.15) is 5.82 Å². The van der Waals surface area contributed by atoms with Crippen LogP contribution in [-0.4, -0.2) is 13.2 Å². The average Bonchev–Trinajstić information content (AvgIpc) is 2.34. The topological polar surface area (TPSA) is 47.3 Å². The van der Waals surface area contributed by atoms with Gasteiger partial charge < -0.3 is 4.74 Å². The van der Waals surface area contributed by atoms with Crippen LogP contribution in [0.1, 0.15) is 24.4 Å². The van der Waals surface area contributed by atoms with Crippen LogP contribution >= 0.6 is 11.6 Å². The Morgan fingerprint density at radius 2 is 2.35 bits per heavy atom. The Bertz CT molecular complexity index is 383. The number of nitrogens with two attached hydrogens (primary N) is 1. The number of hydrogen-bond donors (Lipinski definition) is 2. The Kier molecular flexibility index (Phi) is 4.34. The molecule has 0 radical (unpaired) electrons. The van der Waals surface area contributed by atoms with Crippen molar-refractivity contribution in [3.8, 4) is 0 Å². The molecule has 3 nitrogen and oxygen atoms in total. The minimum Gasteiger partial charge on any atom is -0.381 e. The van der Waals surface area contributed by atoms with Gasteiger partial charge in [0.25, 0.3) is 0 Å². The number of halogens is 2. The molecule has 1 aromatic rings. The molecule has 1 aliphatic heterocycles. The van der Waals surface area contributed by atoms with Crippen molar-refractivity contribution in [2.75, 3.05) is 13.2 Å². The lowest BCUT2D eigenvalue weighted by molar-refractivity contribution is 0.0390. The van der Waals surface area contributed by atoms with Gasteiger partial charge in [-0.25, -0.2) is 4.39 Å². The molecule has 94 valence electrons. The van der Waals surface area contributed by atoms with Crippen LogP contribution in [0.5, 0.6) is 0 Å². The second-order valence-corrected chi connectivity index (χ2v) is 4.69. The third-order valence-corrected chi connectivity index (χ3v) is 3.47. The van der Waals surface area contributed by atoms with Crippen LogP contribution in [-0.2, 0) is 4.74 Å². The first-order valence-electron chi connectivity index (χ1n) is 5.71. The summed E-state index contributed by atoms with van der Waals surface area (Å²) in [6.07, 6.45) is 2.05. The lowest BCUT2D eigenvalue weighted by Gasteiger charge is -2.30. The maximum Gasteiger partial charge on any atom is 0.124 e. The maximum atomic E-state index is 13.0. The molecule has 0 aromatic heterocycles. The van der Waals surface area contributed by atoms with Gasteiger partial charge in [0.2, 0.25) is 0 Å². The van der Waals surface area contributed by atoms with E-state index in [0.717, 1.165) is 25.0 Å². The van der Waals surface area contributed by atoms with Crippen LogP contribution < -0.4 is 11.3 Å².